The zero-order chi connectivity index (χ0) is 19.2. The van der Waals surface area contributed by atoms with Gasteiger partial charge in [0.15, 0.2) is 11.5 Å². The number of hydrogen-bond donors (Lipinski definition) is 1. The molecule has 3 aromatic carbocycles. The summed E-state index contributed by atoms with van der Waals surface area (Å²) in [5.41, 5.74) is 7.00. The zero-order valence-corrected chi connectivity index (χ0v) is 16.0. The highest BCUT2D eigenvalue weighted by molar-refractivity contribution is 6.11. The highest BCUT2D eigenvalue weighted by atomic mass is 16.7. The van der Waals surface area contributed by atoms with E-state index in [2.05, 4.69) is 78.7 Å². The fraction of sp³-hybridized carbons (Fsp3) is 0.154. The summed E-state index contributed by atoms with van der Waals surface area (Å²) >= 11 is 0. The molecule has 7 rings (SSSR count). The average Bonchev–Trinajstić information content (AvgIpc) is 3.39. The summed E-state index contributed by atoms with van der Waals surface area (Å²) in [5.74, 6) is 1.14. The molecule has 3 nitrogen and oxygen atoms in total. The molecule has 0 radical (unpaired) electrons. The predicted octanol–water partition coefficient (Wildman–Crippen LogP) is 6.31. The molecule has 0 bridgehead atoms. The molecule has 1 spiro atoms. The van der Waals surface area contributed by atoms with E-state index in [0.29, 0.717) is 5.92 Å². The van der Waals surface area contributed by atoms with Crippen LogP contribution in [0.15, 0.2) is 78.4 Å². The van der Waals surface area contributed by atoms with Gasteiger partial charge in [0.05, 0.1) is 10.9 Å². The quantitative estimate of drug-likeness (QED) is 0.390. The van der Waals surface area contributed by atoms with Crippen molar-refractivity contribution in [2.45, 2.75) is 19.1 Å². The minimum atomic E-state index is -0.870. The summed E-state index contributed by atoms with van der Waals surface area (Å²) in [6.07, 6.45) is 5.50. The molecule has 4 aromatic rings. The van der Waals surface area contributed by atoms with Crippen molar-refractivity contribution >= 4 is 27.4 Å². The molecule has 0 fully saturated rings. The molecule has 1 N–H and O–H groups in total. The van der Waals surface area contributed by atoms with E-state index in [0.717, 1.165) is 45.3 Å². The van der Waals surface area contributed by atoms with E-state index in [1.54, 1.807) is 0 Å². The lowest BCUT2D eigenvalue weighted by Gasteiger charge is -2.31. The molecule has 3 heteroatoms. The number of aromatic amines is 1. The number of hydrogen-bond acceptors (Lipinski definition) is 2. The van der Waals surface area contributed by atoms with E-state index in [4.69, 9.17) is 9.47 Å². The van der Waals surface area contributed by atoms with E-state index in [1.807, 2.05) is 6.07 Å². The lowest BCUT2D eigenvalue weighted by molar-refractivity contribution is -0.0532. The lowest BCUT2D eigenvalue weighted by Crippen LogP contribution is -2.38. The number of H-pyrrole nitrogens is 1. The Bertz CT molecular complexity index is 1410. The molecule has 0 amide bonds. The molecule has 140 valence electrons. The minimum Gasteiger partial charge on any atom is -0.441 e. The van der Waals surface area contributed by atoms with Crippen LogP contribution in [0.4, 0.5) is 0 Å². The van der Waals surface area contributed by atoms with Gasteiger partial charge < -0.3 is 14.5 Å². The van der Waals surface area contributed by atoms with Gasteiger partial charge in [0.1, 0.15) is 0 Å². The van der Waals surface area contributed by atoms with Crippen molar-refractivity contribution in [3.8, 4) is 11.5 Å². The molecular formula is C26H19NO2. The van der Waals surface area contributed by atoms with Crippen molar-refractivity contribution in [1.82, 2.24) is 4.98 Å². The topological polar surface area (TPSA) is 34.2 Å². The maximum absolute atomic E-state index is 6.87. The summed E-state index contributed by atoms with van der Waals surface area (Å²) < 4.78 is 13.6. The van der Waals surface area contributed by atoms with E-state index in [9.17, 15) is 0 Å². The van der Waals surface area contributed by atoms with E-state index >= 15 is 0 Å². The standard InChI is InChI=1S/C26H19NO2/c1-15-7-6-10-17-16-8-2-4-11-19(16)26(24(15)17)28-22-14-13-21-23(25(22)29-26)18-9-3-5-12-20(18)27-21/h2-6,8-15,27H,7H2,1H3. The largest absolute Gasteiger partial charge is 0.441 e. The van der Waals surface area contributed by atoms with Crippen LogP contribution in [0.25, 0.3) is 27.4 Å². The predicted molar refractivity (Wildman–Crippen MR) is 115 cm³/mol. The van der Waals surface area contributed by atoms with Crippen LogP contribution < -0.4 is 9.47 Å². The molecule has 2 aliphatic carbocycles. The van der Waals surface area contributed by atoms with Crippen molar-refractivity contribution in [1.29, 1.82) is 0 Å². The fourth-order valence-corrected chi connectivity index (χ4v) is 5.36. The van der Waals surface area contributed by atoms with Gasteiger partial charge in [0, 0.05) is 22.0 Å². The first-order valence-electron chi connectivity index (χ1n) is 10.2. The first kappa shape index (κ1) is 15.5. The van der Waals surface area contributed by atoms with Crippen molar-refractivity contribution in [3.63, 3.8) is 0 Å². The second-order valence-corrected chi connectivity index (χ2v) is 8.22. The Kier molecular flexibility index (Phi) is 2.73. The Morgan fingerprint density at radius 1 is 0.931 bits per heavy atom. The summed E-state index contributed by atoms with van der Waals surface area (Å²) in [4.78, 5) is 3.51. The van der Waals surface area contributed by atoms with Gasteiger partial charge in [-0.3, -0.25) is 0 Å². The van der Waals surface area contributed by atoms with Gasteiger partial charge in [-0.05, 0) is 41.7 Å². The second-order valence-electron chi connectivity index (χ2n) is 8.22. The number of para-hydroxylation sites is 1. The van der Waals surface area contributed by atoms with Crippen LogP contribution >= 0.6 is 0 Å². The SMILES string of the molecule is CC1CC=CC2=C1C1(Oc3ccc4[nH]c5ccccc5c4c3O1)c1ccccc12. The summed E-state index contributed by atoms with van der Waals surface area (Å²) in [6, 6.07) is 21.0. The zero-order valence-electron chi connectivity index (χ0n) is 16.0. The van der Waals surface area contributed by atoms with Gasteiger partial charge in [-0.25, -0.2) is 0 Å². The Morgan fingerprint density at radius 3 is 2.76 bits per heavy atom. The third-order valence-electron chi connectivity index (χ3n) is 6.57. The molecule has 0 saturated carbocycles. The highest BCUT2D eigenvalue weighted by Crippen LogP contribution is 2.59. The van der Waals surface area contributed by atoms with E-state index in [1.165, 1.54) is 16.7 Å². The number of fused-ring (bicyclic) bond motifs is 9. The van der Waals surface area contributed by atoms with Gasteiger partial charge in [-0.1, -0.05) is 61.5 Å². The van der Waals surface area contributed by atoms with Gasteiger partial charge in [0.2, 0.25) is 0 Å². The monoisotopic (exact) mass is 377 g/mol. The van der Waals surface area contributed by atoms with Crippen molar-refractivity contribution in [2.24, 2.45) is 5.92 Å². The molecule has 29 heavy (non-hydrogen) atoms. The van der Waals surface area contributed by atoms with Gasteiger partial charge in [0.25, 0.3) is 0 Å². The van der Waals surface area contributed by atoms with E-state index in [-0.39, 0.29) is 0 Å². The lowest BCUT2D eigenvalue weighted by atomic mass is 9.86. The van der Waals surface area contributed by atoms with Gasteiger partial charge in [-0.15, -0.1) is 0 Å². The second kappa shape index (κ2) is 5.12. The normalized spacial score (nSPS) is 24.0. The van der Waals surface area contributed by atoms with Crippen LogP contribution in [-0.4, -0.2) is 4.98 Å². The Labute approximate surface area is 168 Å². The molecule has 2 heterocycles. The van der Waals surface area contributed by atoms with Gasteiger partial charge in [-0.2, -0.15) is 0 Å². The Hall–Kier alpha value is -3.46. The molecule has 1 aromatic heterocycles. The van der Waals surface area contributed by atoms with Crippen LogP contribution in [0.5, 0.6) is 11.5 Å². The van der Waals surface area contributed by atoms with E-state index < -0.39 is 5.79 Å². The van der Waals surface area contributed by atoms with Gasteiger partial charge >= 0.3 is 5.79 Å². The highest BCUT2D eigenvalue weighted by Gasteiger charge is 2.55. The van der Waals surface area contributed by atoms with Crippen molar-refractivity contribution < 1.29 is 9.47 Å². The number of nitrogens with one attached hydrogen (secondary N) is 1. The number of allylic oxidation sites excluding steroid dienone is 3. The van der Waals surface area contributed by atoms with Crippen LogP contribution in [0.2, 0.25) is 0 Å². The van der Waals surface area contributed by atoms with Crippen LogP contribution in [0, 0.1) is 5.92 Å². The average molecular weight is 377 g/mol. The maximum Gasteiger partial charge on any atom is 0.303 e. The first-order valence-corrected chi connectivity index (χ1v) is 10.2. The first-order chi connectivity index (χ1) is 14.3. The van der Waals surface area contributed by atoms with Crippen LogP contribution in [-0.2, 0) is 5.79 Å². The molecule has 1 aliphatic heterocycles. The summed E-state index contributed by atoms with van der Waals surface area (Å²) in [5, 5.41) is 2.26. The molecule has 2 atom stereocenters. The smallest absolute Gasteiger partial charge is 0.303 e. The van der Waals surface area contributed by atoms with Crippen molar-refractivity contribution in [3.05, 3.63) is 89.5 Å². The summed E-state index contributed by atoms with van der Waals surface area (Å²) in [6.45, 7) is 2.27. The molecular weight excluding hydrogens is 358 g/mol. The van der Waals surface area contributed by atoms with Crippen LogP contribution in [0.3, 0.4) is 0 Å². The maximum atomic E-state index is 6.87. The van der Waals surface area contributed by atoms with Crippen molar-refractivity contribution in [2.75, 3.05) is 0 Å². The van der Waals surface area contributed by atoms with Crippen LogP contribution in [0.1, 0.15) is 24.5 Å². The Balaban J connectivity index is 1.53. The number of aromatic nitrogens is 1. The molecule has 2 unspecified atom stereocenters. The molecule has 0 saturated heterocycles. The Morgan fingerprint density at radius 2 is 1.79 bits per heavy atom. The number of rotatable bonds is 0. The molecule has 3 aliphatic rings. The third kappa shape index (κ3) is 1.79. The number of benzene rings is 3. The third-order valence-corrected chi connectivity index (χ3v) is 6.57. The number of ether oxygens (including phenoxy) is 2. The summed E-state index contributed by atoms with van der Waals surface area (Å²) in [7, 11) is 0. The fourth-order valence-electron chi connectivity index (χ4n) is 5.36. The minimum absolute atomic E-state index is 0.357.